The molecule has 22 heavy (non-hydrogen) atoms. The summed E-state index contributed by atoms with van der Waals surface area (Å²) < 4.78 is 43.0. The van der Waals surface area contributed by atoms with Crippen LogP contribution in [0.5, 0.6) is 0 Å². The van der Waals surface area contributed by atoms with Gasteiger partial charge in [-0.2, -0.15) is 0 Å². The molecule has 0 bridgehead atoms. The first-order valence-electron chi connectivity index (χ1n) is 7.13. The summed E-state index contributed by atoms with van der Waals surface area (Å²) in [6.45, 7) is 2.53. The van der Waals surface area contributed by atoms with E-state index in [1.807, 2.05) is 11.5 Å². The highest BCUT2D eigenvalue weighted by Crippen LogP contribution is 2.19. The number of nitrogens with one attached hydrogen (secondary N) is 1. The highest BCUT2D eigenvalue weighted by molar-refractivity contribution is 7.89. The van der Waals surface area contributed by atoms with Crippen LogP contribution in [0.1, 0.15) is 24.5 Å². The third-order valence-corrected chi connectivity index (χ3v) is 5.43. The Labute approximate surface area is 128 Å². The summed E-state index contributed by atoms with van der Waals surface area (Å²) >= 11 is 0. The second kappa shape index (κ2) is 5.77. The van der Waals surface area contributed by atoms with E-state index in [4.69, 9.17) is 0 Å². The van der Waals surface area contributed by atoms with Gasteiger partial charge in [0.15, 0.2) is 0 Å². The second-order valence-corrected chi connectivity index (χ2v) is 7.07. The van der Waals surface area contributed by atoms with Crippen molar-refractivity contribution in [2.75, 3.05) is 0 Å². The van der Waals surface area contributed by atoms with Crippen molar-refractivity contribution in [3.63, 3.8) is 0 Å². The molecule has 3 rings (SSSR count). The fraction of sp³-hybridized carbons (Fsp3) is 0.429. The maximum atomic E-state index is 13.7. The maximum absolute atomic E-state index is 13.7. The molecule has 0 saturated carbocycles. The Morgan fingerprint density at radius 1 is 1.27 bits per heavy atom. The Balaban J connectivity index is 1.76. The van der Waals surface area contributed by atoms with E-state index in [0.29, 0.717) is 25.8 Å². The van der Waals surface area contributed by atoms with Gasteiger partial charge in [-0.15, -0.1) is 10.2 Å². The molecule has 1 aromatic heterocycles. The molecule has 0 fully saturated rings. The average molecular weight is 324 g/mol. The monoisotopic (exact) mass is 324 g/mol. The fourth-order valence-electron chi connectivity index (χ4n) is 2.70. The van der Waals surface area contributed by atoms with Crippen molar-refractivity contribution in [2.24, 2.45) is 0 Å². The van der Waals surface area contributed by atoms with E-state index in [-0.39, 0.29) is 10.9 Å². The summed E-state index contributed by atoms with van der Waals surface area (Å²) in [6, 6.07) is 5.15. The minimum Gasteiger partial charge on any atom is -0.315 e. The number of nitrogens with zero attached hydrogens (tertiary/aromatic N) is 3. The number of fused-ring (bicyclic) bond motifs is 1. The number of hydrogen-bond donors (Lipinski definition) is 1. The molecule has 1 unspecified atom stereocenters. The van der Waals surface area contributed by atoms with E-state index >= 15 is 0 Å². The molecule has 6 nitrogen and oxygen atoms in total. The summed E-state index contributed by atoms with van der Waals surface area (Å²) in [7, 11) is -3.86. The maximum Gasteiger partial charge on any atom is 0.243 e. The first kappa shape index (κ1) is 15.1. The molecule has 1 aromatic carbocycles. The molecule has 0 amide bonds. The highest BCUT2D eigenvalue weighted by Gasteiger charge is 2.25. The summed E-state index contributed by atoms with van der Waals surface area (Å²) in [6.07, 6.45) is 1.89. The van der Waals surface area contributed by atoms with Gasteiger partial charge in [0.05, 0.1) is 0 Å². The van der Waals surface area contributed by atoms with Crippen LogP contribution in [0.4, 0.5) is 4.39 Å². The zero-order chi connectivity index (χ0) is 15.7. The minimum absolute atomic E-state index is 0.245. The van der Waals surface area contributed by atoms with E-state index in [9.17, 15) is 12.8 Å². The van der Waals surface area contributed by atoms with Gasteiger partial charge < -0.3 is 4.57 Å². The van der Waals surface area contributed by atoms with Crippen LogP contribution in [0.25, 0.3) is 0 Å². The van der Waals surface area contributed by atoms with Gasteiger partial charge in [-0.1, -0.05) is 12.1 Å². The molecular weight excluding hydrogens is 307 g/mol. The molecule has 1 atom stereocenters. The second-order valence-electron chi connectivity index (χ2n) is 5.39. The van der Waals surface area contributed by atoms with E-state index < -0.39 is 15.8 Å². The highest BCUT2D eigenvalue weighted by atomic mass is 32.2. The quantitative estimate of drug-likeness (QED) is 0.926. The Morgan fingerprint density at radius 2 is 2.05 bits per heavy atom. The average Bonchev–Trinajstić information content (AvgIpc) is 2.70. The van der Waals surface area contributed by atoms with Crippen molar-refractivity contribution in [1.82, 2.24) is 19.5 Å². The van der Waals surface area contributed by atoms with Crippen LogP contribution in [0.15, 0.2) is 29.2 Å². The summed E-state index contributed by atoms with van der Waals surface area (Å²) in [5.74, 6) is 0.953. The molecule has 1 aliphatic heterocycles. The first-order chi connectivity index (χ1) is 10.5. The minimum atomic E-state index is -3.86. The van der Waals surface area contributed by atoms with Gasteiger partial charge in [0.2, 0.25) is 10.0 Å². The van der Waals surface area contributed by atoms with Crippen LogP contribution in [0, 0.1) is 12.7 Å². The molecule has 1 N–H and O–H groups in total. The smallest absolute Gasteiger partial charge is 0.243 e. The SMILES string of the molecule is Cc1nnc2n1CCC(NS(=O)(=O)c1ccccc1F)CC2. The van der Waals surface area contributed by atoms with Gasteiger partial charge in [0.1, 0.15) is 22.4 Å². The standard InChI is InChI=1S/C14H17FN4O2S/c1-10-16-17-14-7-6-11(8-9-19(10)14)18-22(20,21)13-5-3-2-4-12(13)15/h2-5,11,18H,6-9H2,1H3. The summed E-state index contributed by atoms with van der Waals surface area (Å²) in [4.78, 5) is -0.310. The zero-order valence-electron chi connectivity index (χ0n) is 12.2. The molecule has 8 heteroatoms. The first-order valence-corrected chi connectivity index (χ1v) is 8.61. The Hall–Kier alpha value is -1.80. The van der Waals surface area contributed by atoms with Crippen molar-refractivity contribution in [3.05, 3.63) is 41.7 Å². The molecule has 0 spiro atoms. The van der Waals surface area contributed by atoms with Crippen molar-refractivity contribution >= 4 is 10.0 Å². The molecule has 0 saturated heterocycles. The molecule has 0 aliphatic carbocycles. The van der Waals surface area contributed by atoms with Crippen LogP contribution >= 0.6 is 0 Å². The van der Waals surface area contributed by atoms with Gasteiger partial charge in [-0.3, -0.25) is 0 Å². The Morgan fingerprint density at radius 3 is 2.82 bits per heavy atom. The Kier molecular flexibility index (Phi) is 3.96. The molecule has 118 valence electrons. The third kappa shape index (κ3) is 2.89. The molecule has 2 heterocycles. The van der Waals surface area contributed by atoms with Crippen molar-refractivity contribution in [2.45, 2.75) is 43.7 Å². The van der Waals surface area contributed by atoms with Crippen molar-refractivity contribution in [1.29, 1.82) is 0 Å². The van der Waals surface area contributed by atoms with Gasteiger partial charge >= 0.3 is 0 Å². The van der Waals surface area contributed by atoms with Gasteiger partial charge in [0, 0.05) is 19.0 Å². The lowest BCUT2D eigenvalue weighted by atomic mass is 10.1. The zero-order valence-corrected chi connectivity index (χ0v) is 13.0. The van der Waals surface area contributed by atoms with E-state index in [1.165, 1.54) is 18.2 Å². The molecule has 2 aromatic rings. The predicted octanol–water partition coefficient (Wildman–Crippen LogP) is 1.41. The van der Waals surface area contributed by atoms with Crippen molar-refractivity contribution in [3.8, 4) is 0 Å². The van der Waals surface area contributed by atoms with Crippen LogP contribution in [-0.4, -0.2) is 29.2 Å². The van der Waals surface area contributed by atoms with Gasteiger partial charge in [-0.25, -0.2) is 17.5 Å². The number of sulfonamides is 1. The van der Waals surface area contributed by atoms with E-state index in [1.54, 1.807) is 0 Å². The topological polar surface area (TPSA) is 76.9 Å². The van der Waals surface area contributed by atoms with Crippen LogP contribution in [-0.2, 0) is 23.0 Å². The number of aryl methyl sites for hydroxylation is 2. The number of benzene rings is 1. The van der Waals surface area contributed by atoms with Crippen LogP contribution < -0.4 is 4.72 Å². The van der Waals surface area contributed by atoms with Crippen LogP contribution in [0.3, 0.4) is 0 Å². The number of rotatable bonds is 3. The van der Waals surface area contributed by atoms with E-state index in [0.717, 1.165) is 17.7 Å². The lowest BCUT2D eigenvalue weighted by molar-refractivity contribution is 0.490. The number of halogens is 1. The third-order valence-electron chi connectivity index (χ3n) is 3.88. The van der Waals surface area contributed by atoms with Gasteiger partial charge in [-0.05, 0) is 31.9 Å². The lowest BCUT2D eigenvalue weighted by Crippen LogP contribution is -2.35. The largest absolute Gasteiger partial charge is 0.315 e. The number of aromatic nitrogens is 3. The van der Waals surface area contributed by atoms with E-state index in [2.05, 4.69) is 14.9 Å². The van der Waals surface area contributed by atoms with Crippen molar-refractivity contribution < 1.29 is 12.8 Å². The van der Waals surface area contributed by atoms with Gasteiger partial charge in [0.25, 0.3) is 0 Å². The molecule has 0 radical (unpaired) electrons. The normalized spacial score (nSPS) is 18.7. The van der Waals surface area contributed by atoms with Crippen LogP contribution in [0.2, 0.25) is 0 Å². The molecule has 1 aliphatic rings. The fourth-order valence-corrected chi connectivity index (χ4v) is 4.08. The summed E-state index contributed by atoms with van der Waals surface area (Å²) in [5, 5.41) is 8.12. The lowest BCUT2D eigenvalue weighted by Gasteiger charge is -2.16. The Bertz CT molecular complexity index is 788. The number of hydrogen-bond acceptors (Lipinski definition) is 4. The summed E-state index contributed by atoms with van der Waals surface area (Å²) in [5.41, 5.74) is 0. The molecular formula is C14H17FN4O2S. The predicted molar refractivity (Wildman–Crippen MR) is 78.2 cm³/mol.